The maximum Gasteiger partial charge on any atom is 0.338 e. The summed E-state index contributed by atoms with van der Waals surface area (Å²) in [5.74, 6) is -0.0708. The molecule has 1 fully saturated rings. The quantitative estimate of drug-likeness (QED) is 0.694. The molecule has 2 aromatic heterocycles. The van der Waals surface area contributed by atoms with E-state index in [0.717, 1.165) is 12.8 Å². The van der Waals surface area contributed by atoms with Gasteiger partial charge in [0.25, 0.3) is 5.56 Å². The normalized spacial score (nSPS) is 14.8. The van der Waals surface area contributed by atoms with E-state index in [1.165, 1.54) is 18.1 Å². The first-order valence-corrected chi connectivity index (χ1v) is 7.65. The molecule has 0 atom stereocenters. The molecule has 1 aliphatic carbocycles. The van der Waals surface area contributed by atoms with Crippen LogP contribution in [0.4, 0.5) is 0 Å². The summed E-state index contributed by atoms with van der Waals surface area (Å²) in [6.07, 6.45) is 3.40. The smallest absolute Gasteiger partial charge is 0.338 e. The second kappa shape index (κ2) is 5.64. The van der Waals surface area contributed by atoms with Crippen molar-refractivity contribution in [1.29, 1.82) is 0 Å². The predicted octanol–water partition coefficient (Wildman–Crippen LogP) is 2.35. The van der Waals surface area contributed by atoms with Gasteiger partial charge in [-0.1, -0.05) is 6.42 Å². The number of aromatic nitrogens is 3. The zero-order chi connectivity index (χ0) is 15.9. The minimum atomic E-state index is -0.548. The molecule has 2 heterocycles. The molecule has 0 spiro atoms. The Kier molecular flexibility index (Phi) is 3.82. The molecule has 1 saturated carbocycles. The van der Waals surface area contributed by atoms with Gasteiger partial charge in [0.1, 0.15) is 5.65 Å². The van der Waals surface area contributed by atoms with E-state index in [2.05, 4.69) is 9.97 Å². The number of fused-ring (bicyclic) bond motifs is 1. The fourth-order valence-corrected chi connectivity index (χ4v) is 3.00. The van der Waals surface area contributed by atoms with Crippen LogP contribution >= 0.6 is 12.2 Å². The third kappa shape index (κ3) is 2.45. The third-order valence-corrected chi connectivity index (χ3v) is 4.47. The van der Waals surface area contributed by atoms with Crippen LogP contribution < -0.4 is 5.56 Å². The van der Waals surface area contributed by atoms with Crippen molar-refractivity contribution in [2.45, 2.75) is 32.7 Å². The van der Waals surface area contributed by atoms with Gasteiger partial charge in [-0.05, 0) is 44.0 Å². The Morgan fingerprint density at radius 1 is 1.55 bits per heavy atom. The highest BCUT2D eigenvalue weighted by Gasteiger charge is 2.22. The molecule has 22 heavy (non-hydrogen) atoms. The van der Waals surface area contributed by atoms with Crippen LogP contribution in [0.2, 0.25) is 0 Å². The number of carbonyl (C=O) groups excluding carboxylic acids is 1. The molecule has 0 saturated heterocycles. The first-order valence-electron chi connectivity index (χ1n) is 7.24. The second-order valence-electron chi connectivity index (χ2n) is 5.67. The van der Waals surface area contributed by atoms with Crippen molar-refractivity contribution in [2.24, 2.45) is 5.92 Å². The molecule has 3 rings (SSSR count). The number of rotatable bonds is 3. The number of pyridine rings is 1. The van der Waals surface area contributed by atoms with E-state index in [1.807, 2.05) is 0 Å². The highest BCUT2D eigenvalue weighted by molar-refractivity contribution is 7.71. The third-order valence-electron chi connectivity index (χ3n) is 4.15. The Balaban J connectivity index is 2.27. The Morgan fingerprint density at radius 2 is 2.27 bits per heavy atom. The summed E-state index contributed by atoms with van der Waals surface area (Å²) < 4.78 is 6.66. The van der Waals surface area contributed by atoms with Gasteiger partial charge in [-0.25, -0.2) is 9.78 Å². The van der Waals surface area contributed by atoms with E-state index in [9.17, 15) is 9.59 Å². The number of aromatic amines is 1. The number of esters is 1. The maximum absolute atomic E-state index is 12.8. The molecule has 0 bridgehead atoms. The Labute approximate surface area is 132 Å². The molecule has 0 amide bonds. The predicted molar refractivity (Wildman–Crippen MR) is 84.6 cm³/mol. The molecule has 0 unspecified atom stereocenters. The summed E-state index contributed by atoms with van der Waals surface area (Å²) in [5.41, 5.74) is 0.900. The fraction of sp³-hybridized carbons (Fsp3) is 0.467. The topological polar surface area (TPSA) is 77.0 Å². The van der Waals surface area contributed by atoms with E-state index in [-0.39, 0.29) is 16.5 Å². The molecule has 0 aliphatic heterocycles. The lowest BCUT2D eigenvalue weighted by Crippen LogP contribution is -2.29. The zero-order valence-electron chi connectivity index (χ0n) is 12.5. The van der Waals surface area contributed by atoms with Gasteiger partial charge in [-0.15, -0.1) is 0 Å². The van der Waals surface area contributed by atoms with Gasteiger partial charge >= 0.3 is 5.97 Å². The van der Waals surface area contributed by atoms with Crippen LogP contribution in [0.3, 0.4) is 0 Å². The number of ether oxygens (including phenoxy) is 1. The number of methoxy groups -OCH3 is 1. The van der Waals surface area contributed by atoms with E-state index in [4.69, 9.17) is 17.0 Å². The Hall–Kier alpha value is -2.02. The van der Waals surface area contributed by atoms with Crippen molar-refractivity contribution in [1.82, 2.24) is 14.5 Å². The number of carbonyl (C=O) groups is 1. The summed E-state index contributed by atoms with van der Waals surface area (Å²) in [5, 5.41) is 0.241. The summed E-state index contributed by atoms with van der Waals surface area (Å²) in [6.45, 7) is 2.33. The maximum atomic E-state index is 12.8. The van der Waals surface area contributed by atoms with Crippen molar-refractivity contribution in [2.75, 3.05) is 7.11 Å². The second-order valence-corrected chi connectivity index (χ2v) is 6.06. The van der Waals surface area contributed by atoms with Gasteiger partial charge in [0.15, 0.2) is 4.77 Å². The van der Waals surface area contributed by atoms with Gasteiger partial charge in [0.05, 0.1) is 18.1 Å². The van der Waals surface area contributed by atoms with Gasteiger partial charge in [-0.3, -0.25) is 9.36 Å². The van der Waals surface area contributed by atoms with Gasteiger partial charge < -0.3 is 9.72 Å². The Morgan fingerprint density at radius 3 is 2.86 bits per heavy atom. The molecule has 116 valence electrons. The lowest BCUT2D eigenvalue weighted by Gasteiger charge is -2.26. The van der Waals surface area contributed by atoms with Crippen molar-refractivity contribution in [3.8, 4) is 0 Å². The lowest BCUT2D eigenvalue weighted by atomic mass is 9.85. The lowest BCUT2D eigenvalue weighted by molar-refractivity contribution is 0.0602. The van der Waals surface area contributed by atoms with Gasteiger partial charge in [-0.2, -0.15) is 0 Å². The van der Waals surface area contributed by atoms with Crippen LogP contribution in [0.15, 0.2) is 10.9 Å². The number of hydrogen-bond acceptors (Lipinski definition) is 5. The average molecular weight is 319 g/mol. The van der Waals surface area contributed by atoms with Crippen LogP contribution in [-0.4, -0.2) is 27.6 Å². The molecule has 7 heteroatoms. The summed E-state index contributed by atoms with van der Waals surface area (Å²) in [7, 11) is 1.29. The van der Waals surface area contributed by atoms with E-state index in [0.29, 0.717) is 28.6 Å². The molecular weight excluding hydrogens is 302 g/mol. The first kappa shape index (κ1) is 14.9. The minimum Gasteiger partial charge on any atom is -0.465 e. The average Bonchev–Trinajstić information content (AvgIpc) is 2.43. The molecule has 0 radical (unpaired) electrons. The number of nitrogens with zero attached hydrogens (tertiary/aromatic N) is 2. The molecule has 2 aromatic rings. The van der Waals surface area contributed by atoms with Crippen molar-refractivity contribution in [3.05, 3.63) is 32.4 Å². The van der Waals surface area contributed by atoms with Crippen LogP contribution in [0.1, 0.15) is 35.3 Å². The minimum absolute atomic E-state index is 0.226. The largest absolute Gasteiger partial charge is 0.465 e. The summed E-state index contributed by atoms with van der Waals surface area (Å²) in [6, 6.07) is 1.57. The monoisotopic (exact) mass is 319 g/mol. The van der Waals surface area contributed by atoms with Crippen molar-refractivity contribution < 1.29 is 9.53 Å². The van der Waals surface area contributed by atoms with Crippen LogP contribution in [0.5, 0.6) is 0 Å². The number of hydrogen-bond donors (Lipinski definition) is 1. The standard InChI is InChI=1S/C15H17N3O3S/c1-8-6-10(14(20)21-2)11-12(16-8)17-15(22)18(13(11)19)7-9-4-3-5-9/h6,9H,3-5,7H2,1-2H3,(H,16,17,22). The highest BCUT2D eigenvalue weighted by atomic mass is 32.1. The first-order chi connectivity index (χ1) is 10.5. The van der Waals surface area contributed by atoms with E-state index in [1.54, 1.807) is 13.0 Å². The Bertz CT molecular complexity index is 865. The van der Waals surface area contributed by atoms with Crippen LogP contribution in [-0.2, 0) is 11.3 Å². The SMILES string of the molecule is COC(=O)c1cc(C)nc2[nH]c(=S)n(CC3CCC3)c(=O)c12. The van der Waals surface area contributed by atoms with Crippen LogP contribution in [0.25, 0.3) is 11.0 Å². The summed E-state index contributed by atoms with van der Waals surface area (Å²) >= 11 is 5.29. The number of nitrogens with one attached hydrogen (secondary N) is 1. The summed E-state index contributed by atoms with van der Waals surface area (Å²) in [4.78, 5) is 32.0. The molecule has 6 nitrogen and oxygen atoms in total. The molecule has 1 aliphatic rings. The zero-order valence-corrected chi connectivity index (χ0v) is 13.3. The fourth-order valence-electron chi connectivity index (χ4n) is 2.75. The number of aryl methyl sites for hydroxylation is 1. The molecular formula is C15H17N3O3S. The van der Waals surface area contributed by atoms with Gasteiger partial charge in [0, 0.05) is 12.2 Å². The molecule has 0 aromatic carbocycles. The van der Waals surface area contributed by atoms with E-state index < -0.39 is 5.97 Å². The van der Waals surface area contributed by atoms with Crippen molar-refractivity contribution >= 4 is 29.2 Å². The van der Waals surface area contributed by atoms with Crippen molar-refractivity contribution in [3.63, 3.8) is 0 Å². The highest BCUT2D eigenvalue weighted by Crippen LogP contribution is 2.27. The molecule has 1 N–H and O–H groups in total. The number of H-pyrrole nitrogens is 1. The van der Waals surface area contributed by atoms with Crippen LogP contribution in [0, 0.1) is 17.6 Å². The van der Waals surface area contributed by atoms with E-state index >= 15 is 0 Å². The van der Waals surface area contributed by atoms with Gasteiger partial charge in [0.2, 0.25) is 0 Å².